The van der Waals surface area contributed by atoms with Crippen molar-refractivity contribution >= 4 is 23.5 Å². The molecule has 1 aromatic heterocycles. The monoisotopic (exact) mass is 255 g/mol. The number of esters is 1. The van der Waals surface area contributed by atoms with Crippen molar-refractivity contribution in [3.05, 3.63) is 12.0 Å². The van der Waals surface area contributed by atoms with Gasteiger partial charge < -0.3 is 15.0 Å². The van der Waals surface area contributed by atoms with Crippen LogP contribution >= 0.6 is 11.8 Å². The molecule has 1 fully saturated rings. The Balaban J connectivity index is 2.18. The molecule has 0 aliphatic heterocycles. The van der Waals surface area contributed by atoms with E-state index in [4.69, 9.17) is 5.73 Å². The molecule has 2 rings (SSSR count). The Labute approximate surface area is 105 Å². The van der Waals surface area contributed by atoms with Gasteiger partial charge in [0.25, 0.3) is 0 Å². The van der Waals surface area contributed by atoms with E-state index in [1.54, 1.807) is 6.33 Å². The summed E-state index contributed by atoms with van der Waals surface area (Å²) in [6.07, 6.45) is 7.14. The van der Waals surface area contributed by atoms with Crippen LogP contribution in [0.2, 0.25) is 0 Å². The first-order chi connectivity index (χ1) is 8.17. The molecule has 1 aromatic rings. The second-order valence-electron chi connectivity index (χ2n) is 4.20. The van der Waals surface area contributed by atoms with Crippen molar-refractivity contribution in [2.24, 2.45) is 0 Å². The number of nitrogens with zero attached hydrogens (tertiary/aromatic N) is 2. The zero-order valence-corrected chi connectivity index (χ0v) is 10.9. The fourth-order valence-corrected chi connectivity index (χ4v) is 3.09. The van der Waals surface area contributed by atoms with Gasteiger partial charge >= 0.3 is 5.97 Å². The van der Waals surface area contributed by atoms with Gasteiger partial charge in [-0.15, -0.1) is 0 Å². The highest BCUT2D eigenvalue weighted by atomic mass is 32.2. The summed E-state index contributed by atoms with van der Waals surface area (Å²) in [5.41, 5.74) is 6.16. The van der Waals surface area contributed by atoms with Gasteiger partial charge in [-0.05, 0) is 25.5 Å². The number of carbonyl (C=O) groups excluding carboxylic acids is 1. The molecule has 6 heteroatoms. The molecule has 94 valence electrons. The third kappa shape index (κ3) is 2.26. The summed E-state index contributed by atoms with van der Waals surface area (Å²) in [6.45, 7) is 0. The van der Waals surface area contributed by atoms with Crippen molar-refractivity contribution in [3.63, 3.8) is 0 Å². The molecule has 1 aliphatic rings. The molecule has 1 saturated carbocycles. The predicted octanol–water partition coefficient (Wildman–Crippen LogP) is 1.71. The quantitative estimate of drug-likeness (QED) is 0.833. The zero-order valence-electron chi connectivity index (χ0n) is 10.0. The van der Waals surface area contributed by atoms with Gasteiger partial charge in [0, 0.05) is 11.3 Å². The van der Waals surface area contributed by atoms with Crippen LogP contribution in [0.3, 0.4) is 0 Å². The SMILES string of the molecule is COC(=O)c1ncn(C2CCC(SC)C2)c1N. The van der Waals surface area contributed by atoms with Crippen LogP contribution in [0.5, 0.6) is 0 Å². The fraction of sp³-hybridized carbons (Fsp3) is 0.636. The van der Waals surface area contributed by atoms with Crippen LogP contribution in [0.1, 0.15) is 35.8 Å². The summed E-state index contributed by atoms with van der Waals surface area (Å²) in [5.74, 6) is -0.0516. The Bertz CT molecular complexity index is 419. The molecule has 0 radical (unpaired) electrons. The smallest absolute Gasteiger partial charge is 0.360 e. The molecule has 2 atom stereocenters. The van der Waals surface area contributed by atoms with Gasteiger partial charge in [-0.3, -0.25) is 0 Å². The zero-order chi connectivity index (χ0) is 12.4. The van der Waals surface area contributed by atoms with E-state index < -0.39 is 5.97 Å². The first-order valence-electron chi connectivity index (χ1n) is 5.60. The van der Waals surface area contributed by atoms with Gasteiger partial charge in [-0.1, -0.05) is 0 Å². The van der Waals surface area contributed by atoms with Crippen LogP contribution in [0.4, 0.5) is 5.82 Å². The molecular weight excluding hydrogens is 238 g/mol. The predicted molar refractivity (Wildman–Crippen MR) is 68.2 cm³/mol. The van der Waals surface area contributed by atoms with Crippen LogP contribution in [0.25, 0.3) is 0 Å². The van der Waals surface area contributed by atoms with Gasteiger partial charge in [0.1, 0.15) is 5.82 Å². The van der Waals surface area contributed by atoms with E-state index in [0.29, 0.717) is 17.1 Å². The number of methoxy groups -OCH3 is 1. The lowest BCUT2D eigenvalue weighted by Gasteiger charge is -2.13. The second-order valence-corrected chi connectivity index (χ2v) is 5.34. The molecule has 0 aromatic carbocycles. The second kappa shape index (κ2) is 5.00. The lowest BCUT2D eigenvalue weighted by atomic mass is 10.2. The Kier molecular flexibility index (Phi) is 3.61. The van der Waals surface area contributed by atoms with Crippen LogP contribution in [0, 0.1) is 0 Å². The summed E-state index contributed by atoms with van der Waals surface area (Å²) < 4.78 is 6.54. The van der Waals surface area contributed by atoms with Crippen molar-refractivity contribution in [2.75, 3.05) is 19.1 Å². The number of hydrogen-bond acceptors (Lipinski definition) is 5. The average molecular weight is 255 g/mol. The average Bonchev–Trinajstić information content (AvgIpc) is 2.94. The largest absolute Gasteiger partial charge is 0.464 e. The molecule has 2 unspecified atom stereocenters. The Morgan fingerprint density at radius 1 is 1.65 bits per heavy atom. The topological polar surface area (TPSA) is 70.1 Å². The molecule has 1 aliphatic carbocycles. The van der Waals surface area contributed by atoms with E-state index in [-0.39, 0.29) is 5.69 Å². The number of anilines is 1. The first kappa shape index (κ1) is 12.3. The number of rotatable bonds is 3. The summed E-state index contributed by atoms with van der Waals surface area (Å²) in [5, 5.41) is 0.684. The van der Waals surface area contributed by atoms with Crippen LogP contribution in [-0.4, -0.2) is 34.1 Å². The van der Waals surface area contributed by atoms with Gasteiger partial charge in [0.2, 0.25) is 0 Å². The number of imidazole rings is 1. The maximum atomic E-state index is 11.4. The van der Waals surface area contributed by atoms with Crippen LogP contribution < -0.4 is 5.73 Å². The summed E-state index contributed by atoms with van der Waals surface area (Å²) in [6, 6.07) is 0.360. The standard InChI is InChI=1S/C11H17N3O2S/c1-16-11(15)9-10(12)14(6-13-9)7-3-4-8(5-7)17-2/h6-8H,3-5,12H2,1-2H3. The molecular formula is C11H17N3O2S. The minimum absolute atomic E-state index is 0.222. The van der Waals surface area contributed by atoms with E-state index >= 15 is 0 Å². The van der Waals surface area contributed by atoms with E-state index in [1.165, 1.54) is 13.5 Å². The number of nitrogens with two attached hydrogens (primary N) is 1. The number of carbonyl (C=O) groups is 1. The molecule has 17 heavy (non-hydrogen) atoms. The number of hydrogen-bond donors (Lipinski definition) is 1. The van der Waals surface area contributed by atoms with Gasteiger partial charge in [0.15, 0.2) is 5.69 Å². The number of thioether (sulfide) groups is 1. The van der Waals surface area contributed by atoms with Crippen molar-refractivity contribution < 1.29 is 9.53 Å². The van der Waals surface area contributed by atoms with Gasteiger partial charge in [-0.2, -0.15) is 11.8 Å². The maximum Gasteiger partial charge on any atom is 0.360 e. The number of aromatic nitrogens is 2. The van der Waals surface area contributed by atoms with Crippen molar-refractivity contribution in [1.29, 1.82) is 0 Å². The van der Waals surface area contributed by atoms with Crippen molar-refractivity contribution in [1.82, 2.24) is 9.55 Å². The molecule has 2 N–H and O–H groups in total. The summed E-state index contributed by atoms with van der Waals surface area (Å²) >= 11 is 1.89. The lowest BCUT2D eigenvalue weighted by molar-refractivity contribution is 0.0596. The highest BCUT2D eigenvalue weighted by Crippen LogP contribution is 2.37. The van der Waals surface area contributed by atoms with E-state index in [0.717, 1.165) is 12.8 Å². The highest BCUT2D eigenvalue weighted by molar-refractivity contribution is 7.99. The van der Waals surface area contributed by atoms with Gasteiger partial charge in [0.05, 0.1) is 13.4 Å². The van der Waals surface area contributed by atoms with Crippen LogP contribution in [-0.2, 0) is 4.74 Å². The summed E-state index contributed by atoms with van der Waals surface area (Å²) in [7, 11) is 1.33. The molecule has 0 amide bonds. The minimum atomic E-state index is -0.472. The Morgan fingerprint density at radius 2 is 2.41 bits per heavy atom. The lowest BCUT2D eigenvalue weighted by Crippen LogP contribution is -2.11. The first-order valence-corrected chi connectivity index (χ1v) is 6.89. The van der Waals surface area contributed by atoms with Crippen molar-refractivity contribution in [3.8, 4) is 0 Å². The molecule has 0 spiro atoms. The molecule has 0 saturated heterocycles. The Morgan fingerprint density at radius 3 is 3.00 bits per heavy atom. The number of nitrogen functional groups attached to an aromatic ring is 1. The van der Waals surface area contributed by atoms with E-state index in [2.05, 4.69) is 16.0 Å². The molecule has 1 heterocycles. The third-order valence-electron chi connectivity index (χ3n) is 3.29. The normalized spacial score (nSPS) is 23.9. The highest BCUT2D eigenvalue weighted by Gasteiger charge is 2.28. The molecule has 0 bridgehead atoms. The minimum Gasteiger partial charge on any atom is -0.464 e. The third-order valence-corrected chi connectivity index (χ3v) is 4.39. The van der Waals surface area contributed by atoms with Gasteiger partial charge in [-0.25, -0.2) is 9.78 Å². The maximum absolute atomic E-state index is 11.4. The number of ether oxygens (including phenoxy) is 1. The fourth-order valence-electron chi connectivity index (χ4n) is 2.30. The van der Waals surface area contributed by atoms with E-state index in [1.807, 2.05) is 16.3 Å². The van der Waals surface area contributed by atoms with E-state index in [9.17, 15) is 4.79 Å². The van der Waals surface area contributed by atoms with Crippen molar-refractivity contribution in [2.45, 2.75) is 30.6 Å². The van der Waals surface area contributed by atoms with Crippen LogP contribution in [0.15, 0.2) is 6.33 Å². The summed E-state index contributed by atoms with van der Waals surface area (Å²) in [4.78, 5) is 15.4. The molecule has 5 nitrogen and oxygen atoms in total. The Hall–Kier alpha value is -1.17.